The van der Waals surface area contributed by atoms with Gasteiger partial charge in [0.25, 0.3) is 0 Å². The summed E-state index contributed by atoms with van der Waals surface area (Å²) in [6.45, 7) is 0.646. The van der Waals surface area contributed by atoms with Gasteiger partial charge in [-0.1, -0.05) is 13.8 Å². The highest BCUT2D eigenvalue weighted by Crippen LogP contribution is 2.29. The molecule has 8 aromatic rings. The minimum absolute atomic E-state index is 0.259. The molecule has 300 valence electrons. The molecule has 0 aromatic carbocycles. The number of nitrogens with one attached hydrogen (secondary N) is 4. The van der Waals surface area contributed by atoms with Crippen molar-refractivity contribution >= 4 is 56.1 Å². The molecule has 4 N–H and O–H groups in total. The van der Waals surface area contributed by atoms with Crippen molar-refractivity contribution in [1.29, 1.82) is 0 Å². The number of imidazole rings is 1. The molecular formula is C35H31F6N15O2. The van der Waals surface area contributed by atoms with E-state index in [-0.39, 0.29) is 6.42 Å². The molecule has 0 unspecified atom stereocenters. The van der Waals surface area contributed by atoms with Crippen LogP contribution in [0.2, 0.25) is 0 Å². The Kier molecular flexibility index (Phi) is 10.7. The van der Waals surface area contributed by atoms with Gasteiger partial charge in [0.2, 0.25) is 11.8 Å². The van der Waals surface area contributed by atoms with Crippen molar-refractivity contribution < 1.29 is 35.9 Å². The minimum atomic E-state index is -4.49. The fourth-order valence-electron chi connectivity index (χ4n) is 6.22. The van der Waals surface area contributed by atoms with E-state index in [1.165, 1.54) is 29.7 Å². The van der Waals surface area contributed by atoms with E-state index in [9.17, 15) is 35.9 Å². The second-order valence-electron chi connectivity index (χ2n) is 12.7. The first kappa shape index (κ1) is 39.2. The lowest BCUT2D eigenvalue weighted by atomic mass is 10.2. The van der Waals surface area contributed by atoms with Gasteiger partial charge in [0.15, 0.2) is 17.3 Å². The number of aromatic nitrogens is 13. The molecule has 0 fully saturated rings. The van der Waals surface area contributed by atoms with Gasteiger partial charge in [-0.05, 0) is 18.9 Å². The molecule has 0 bridgehead atoms. The summed E-state index contributed by atoms with van der Waals surface area (Å²) >= 11 is 0. The molecule has 0 aliphatic rings. The Morgan fingerprint density at radius 3 is 1.74 bits per heavy atom. The van der Waals surface area contributed by atoms with Crippen LogP contribution < -0.4 is 10.6 Å². The van der Waals surface area contributed by atoms with Gasteiger partial charge in [-0.15, -0.1) is 0 Å². The number of carbonyl (C=O) groups is 2. The van der Waals surface area contributed by atoms with E-state index in [0.29, 0.717) is 68.1 Å². The first-order valence-electron chi connectivity index (χ1n) is 17.5. The molecule has 23 heteroatoms. The molecule has 0 saturated heterocycles. The number of halogens is 6. The predicted octanol–water partition coefficient (Wildman–Crippen LogP) is 5.39. The SMILES string of the molecule is CC[C@@H](C(=O)NCC(F)(F)F)n1ccc2cnc(-c3c[nH]c4ncncc34)nc21.CC[C@@H](C(=O)NCC(F)(F)F)n1cnc2cnc(-c3c[nH]c4ncncc34)nc21. The topological polar surface area (TPSA) is 216 Å². The second-order valence-corrected chi connectivity index (χ2v) is 12.7. The molecule has 0 saturated carbocycles. The normalized spacial score (nSPS) is 13.1. The highest BCUT2D eigenvalue weighted by atomic mass is 19.4. The van der Waals surface area contributed by atoms with E-state index in [1.807, 2.05) is 10.6 Å². The van der Waals surface area contributed by atoms with Crippen LogP contribution in [0.5, 0.6) is 0 Å². The van der Waals surface area contributed by atoms with Crippen molar-refractivity contribution in [3.05, 3.63) is 68.4 Å². The van der Waals surface area contributed by atoms with Crippen molar-refractivity contribution in [2.75, 3.05) is 13.1 Å². The van der Waals surface area contributed by atoms with Gasteiger partial charge < -0.3 is 29.7 Å². The summed E-state index contributed by atoms with van der Waals surface area (Å²) in [7, 11) is 0. The minimum Gasteiger partial charge on any atom is -0.345 e. The monoisotopic (exact) mass is 807 g/mol. The van der Waals surface area contributed by atoms with Crippen LogP contribution in [0.15, 0.2) is 68.4 Å². The van der Waals surface area contributed by atoms with Crippen molar-refractivity contribution in [1.82, 2.24) is 74.6 Å². The summed E-state index contributed by atoms with van der Waals surface area (Å²) in [4.78, 5) is 68.8. The number of rotatable bonds is 10. The summed E-state index contributed by atoms with van der Waals surface area (Å²) < 4.78 is 77.8. The third kappa shape index (κ3) is 8.22. The first-order chi connectivity index (χ1) is 27.7. The summed E-state index contributed by atoms with van der Waals surface area (Å²) in [5.74, 6) is -0.734. The average Bonchev–Trinajstić information content (AvgIpc) is 4.02. The highest BCUT2D eigenvalue weighted by Gasteiger charge is 2.31. The lowest BCUT2D eigenvalue weighted by molar-refractivity contribution is -0.140. The molecular weight excluding hydrogens is 776 g/mol. The summed E-state index contributed by atoms with van der Waals surface area (Å²) in [6.07, 6.45) is 7.20. The zero-order valence-corrected chi connectivity index (χ0v) is 30.3. The Labute approximate surface area is 321 Å². The molecule has 2 amide bonds. The maximum atomic E-state index is 12.5. The van der Waals surface area contributed by atoms with E-state index in [0.717, 1.165) is 5.39 Å². The van der Waals surface area contributed by atoms with Gasteiger partial charge in [-0.25, -0.2) is 44.9 Å². The van der Waals surface area contributed by atoms with Crippen LogP contribution in [0, 0.1) is 0 Å². The Bertz CT molecular complexity index is 2550. The van der Waals surface area contributed by atoms with E-state index in [4.69, 9.17) is 0 Å². The maximum absolute atomic E-state index is 12.5. The molecule has 0 aliphatic heterocycles. The Morgan fingerprint density at radius 2 is 1.21 bits per heavy atom. The van der Waals surface area contributed by atoms with E-state index in [1.54, 1.807) is 61.7 Å². The van der Waals surface area contributed by atoms with Crippen LogP contribution in [0.25, 0.3) is 67.0 Å². The molecule has 8 aromatic heterocycles. The maximum Gasteiger partial charge on any atom is 0.405 e. The summed E-state index contributed by atoms with van der Waals surface area (Å²) in [6, 6.07) is -0.00255. The molecule has 17 nitrogen and oxygen atoms in total. The molecule has 0 aliphatic carbocycles. The average molecular weight is 808 g/mol. The lowest BCUT2D eigenvalue weighted by Gasteiger charge is -2.18. The fourth-order valence-corrected chi connectivity index (χ4v) is 6.22. The number of H-pyrrole nitrogens is 2. The largest absolute Gasteiger partial charge is 0.405 e. The van der Waals surface area contributed by atoms with E-state index >= 15 is 0 Å². The Balaban J connectivity index is 0.000000177. The molecule has 0 radical (unpaired) electrons. The van der Waals surface area contributed by atoms with E-state index < -0.39 is 49.3 Å². The van der Waals surface area contributed by atoms with Crippen molar-refractivity contribution in [3.8, 4) is 22.8 Å². The van der Waals surface area contributed by atoms with Crippen molar-refractivity contribution in [2.45, 2.75) is 51.1 Å². The zero-order valence-electron chi connectivity index (χ0n) is 30.3. The third-order valence-electron chi connectivity index (χ3n) is 8.94. The number of carbonyl (C=O) groups excluding carboxylic acids is 2. The van der Waals surface area contributed by atoms with E-state index in [2.05, 4.69) is 54.8 Å². The number of hydrogen-bond donors (Lipinski definition) is 4. The molecule has 0 spiro atoms. The molecule has 8 rings (SSSR count). The van der Waals surface area contributed by atoms with Crippen LogP contribution >= 0.6 is 0 Å². The number of amides is 2. The molecule has 58 heavy (non-hydrogen) atoms. The van der Waals surface area contributed by atoms with Gasteiger partial charge >= 0.3 is 12.4 Å². The highest BCUT2D eigenvalue weighted by molar-refractivity contribution is 5.93. The van der Waals surface area contributed by atoms with Crippen LogP contribution in [0.3, 0.4) is 0 Å². The van der Waals surface area contributed by atoms with Crippen LogP contribution in [0.1, 0.15) is 38.8 Å². The van der Waals surface area contributed by atoms with Crippen LogP contribution in [-0.4, -0.2) is 101 Å². The van der Waals surface area contributed by atoms with Gasteiger partial charge in [-0.2, -0.15) is 26.3 Å². The lowest BCUT2D eigenvalue weighted by Crippen LogP contribution is -2.38. The Morgan fingerprint density at radius 1 is 0.690 bits per heavy atom. The molecule has 8 heterocycles. The van der Waals surface area contributed by atoms with Crippen LogP contribution in [-0.2, 0) is 9.59 Å². The zero-order chi connectivity index (χ0) is 41.2. The quantitative estimate of drug-likeness (QED) is 0.129. The van der Waals surface area contributed by atoms with Crippen molar-refractivity contribution in [3.63, 3.8) is 0 Å². The first-order valence-corrected chi connectivity index (χ1v) is 17.5. The van der Waals surface area contributed by atoms with Gasteiger partial charge in [0, 0.05) is 64.5 Å². The van der Waals surface area contributed by atoms with Gasteiger partial charge in [-0.3, -0.25) is 9.59 Å². The number of hydrogen-bond acceptors (Lipinski definition) is 11. The second kappa shape index (κ2) is 15.8. The number of alkyl halides is 6. The molecule has 2 atom stereocenters. The Hall–Kier alpha value is -7.07. The number of nitrogens with zero attached hydrogens (tertiary/aromatic N) is 11. The smallest absolute Gasteiger partial charge is 0.345 e. The van der Waals surface area contributed by atoms with Gasteiger partial charge in [0.05, 0.1) is 12.5 Å². The fraction of sp³-hybridized carbons (Fsp3) is 0.286. The number of fused-ring (bicyclic) bond motifs is 4. The summed E-state index contributed by atoms with van der Waals surface area (Å²) in [5.41, 5.74) is 3.81. The predicted molar refractivity (Wildman–Crippen MR) is 195 cm³/mol. The standard InChI is InChI=1S/C18H16F3N7O.C17H15F3N8O/c1-2-13(17(29)25-8-18(19,20)21)28-4-3-10-5-23-15(27-16(10)28)12-7-24-14-11(12)6-22-9-26-14;1-2-12(16(29)24-6-17(18,19)20)28-8-26-11-5-23-14(27-15(11)28)10-4-22-13-9(10)3-21-7-25-13/h3-7,9,13H,2,8H2,1H3,(H,25,29)(H,22,24,26);3-5,7-8,12H,2,6H2,1H3,(H,24,29)(H,21,22,25)/t13-;12-/m00/s1. The van der Waals surface area contributed by atoms with Crippen molar-refractivity contribution in [2.24, 2.45) is 0 Å². The third-order valence-corrected chi connectivity index (χ3v) is 8.94. The number of aromatic amines is 2. The van der Waals surface area contributed by atoms with Gasteiger partial charge in [0.1, 0.15) is 60.3 Å². The summed E-state index contributed by atoms with van der Waals surface area (Å²) in [5, 5.41) is 5.98. The van der Waals surface area contributed by atoms with Crippen LogP contribution in [0.4, 0.5) is 26.3 Å².